The minimum absolute atomic E-state index is 0.152. The van der Waals surface area contributed by atoms with E-state index in [0.717, 1.165) is 18.6 Å². The highest BCUT2D eigenvalue weighted by Crippen LogP contribution is 2.11. The number of thiophene rings is 1. The summed E-state index contributed by atoms with van der Waals surface area (Å²) in [6.45, 7) is 6.00. The molecule has 7 heteroatoms. The van der Waals surface area contributed by atoms with E-state index >= 15 is 0 Å². The molecule has 0 aromatic carbocycles. The summed E-state index contributed by atoms with van der Waals surface area (Å²) >= 11 is 3.37. The second-order valence-corrected chi connectivity index (χ2v) is 8.47. The topological polar surface area (TPSA) is 67.4 Å². The molecule has 0 bridgehead atoms. The molecule has 0 aliphatic carbocycles. The van der Waals surface area contributed by atoms with Gasteiger partial charge in [-0.2, -0.15) is 11.8 Å². The maximum atomic E-state index is 12.3. The third kappa shape index (κ3) is 9.17. The molecule has 1 rings (SSSR count). The number of ether oxygens (including phenoxy) is 1. The molecule has 0 aliphatic heterocycles. The average Bonchev–Trinajstić information content (AvgIpc) is 2.99. The van der Waals surface area contributed by atoms with Crippen LogP contribution in [0.15, 0.2) is 17.5 Å². The number of amides is 2. The van der Waals surface area contributed by atoms with Crippen molar-refractivity contribution in [3.8, 4) is 0 Å². The summed E-state index contributed by atoms with van der Waals surface area (Å²) in [5.41, 5.74) is -0.578. The molecule has 1 heterocycles. The summed E-state index contributed by atoms with van der Waals surface area (Å²) in [5.74, 6) is 0.643. The van der Waals surface area contributed by atoms with Gasteiger partial charge in [0.2, 0.25) is 5.91 Å². The lowest BCUT2D eigenvalue weighted by Crippen LogP contribution is -2.48. The monoisotopic (exact) mass is 372 g/mol. The van der Waals surface area contributed by atoms with Crippen molar-refractivity contribution >= 4 is 35.1 Å². The maximum absolute atomic E-state index is 12.3. The van der Waals surface area contributed by atoms with E-state index in [1.54, 1.807) is 43.9 Å². The largest absolute Gasteiger partial charge is 0.444 e. The van der Waals surface area contributed by atoms with Gasteiger partial charge in [-0.05, 0) is 63.5 Å². The van der Waals surface area contributed by atoms with Gasteiger partial charge in [-0.3, -0.25) is 4.79 Å². The molecule has 5 nitrogen and oxygen atoms in total. The molecule has 2 N–H and O–H groups in total. The quantitative estimate of drug-likeness (QED) is 0.652. The molecule has 1 atom stereocenters. The van der Waals surface area contributed by atoms with Crippen LogP contribution in [0.5, 0.6) is 0 Å². The lowest BCUT2D eigenvalue weighted by Gasteiger charge is -2.23. The Hall–Kier alpha value is -1.21. The van der Waals surface area contributed by atoms with Crippen LogP contribution in [0, 0.1) is 0 Å². The molecule has 24 heavy (non-hydrogen) atoms. The number of carbonyl (C=O) groups excluding carboxylic acids is 2. The first-order chi connectivity index (χ1) is 11.3. The molecule has 0 saturated carbocycles. The molecule has 0 spiro atoms. The summed E-state index contributed by atoms with van der Waals surface area (Å²) in [6, 6.07) is 3.56. The SMILES string of the molecule is CSCC[C@@H](NC(=O)OC(C)(C)C)C(=O)NCCCc1cccs1. The number of nitrogens with one attached hydrogen (secondary N) is 2. The first kappa shape index (κ1) is 20.8. The van der Waals surface area contributed by atoms with Crippen molar-refractivity contribution in [2.45, 2.75) is 51.7 Å². The average molecular weight is 373 g/mol. The summed E-state index contributed by atoms with van der Waals surface area (Å²) in [6.07, 6.45) is 3.84. The summed E-state index contributed by atoms with van der Waals surface area (Å²) in [7, 11) is 0. The number of aryl methyl sites for hydroxylation is 1. The summed E-state index contributed by atoms with van der Waals surface area (Å²) in [4.78, 5) is 25.5. The lowest BCUT2D eigenvalue weighted by atomic mass is 10.2. The predicted octanol–water partition coefficient (Wildman–Crippen LogP) is 3.44. The van der Waals surface area contributed by atoms with Crippen molar-refractivity contribution in [1.82, 2.24) is 10.6 Å². The molecule has 1 aromatic heterocycles. The van der Waals surface area contributed by atoms with Crippen molar-refractivity contribution in [2.75, 3.05) is 18.6 Å². The maximum Gasteiger partial charge on any atom is 0.408 e. The normalized spacial score (nSPS) is 12.5. The van der Waals surface area contributed by atoms with Gasteiger partial charge in [0, 0.05) is 11.4 Å². The Morgan fingerprint density at radius 3 is 2.71 bits per heavy atom. The Bertz CT molecular complexity index is 498. The number of carbonyl (C=O) groups is 2. The Kier molecular flexibility index (Phi) is 9.21. The minimum atomic E-state index is -0.578. The standard InChI is InChI=1S/C17H28N2O3S2/c1-17(2,3)22-16(21)19-14(9-12-23-4)15(20)18-10-5-7-13-8-6-11-24-13/h6,8,11,14H,5,7,9-10,12H2,1-4H3,(H,18,20)(H,19,21)/t14-/m1/s1. The van der Waals surface area contributed by atoms with Crippen molar-refractivity contribution in [1.29, 1.82) is 0 Å². The minimum Gasteiger partial charge on any atom is -0.444 e. The Labute approximate surface area is 152 Å². The van der Waals surface area contributed by atoms with Crippen molar-refractivity contribution in [2.24, 2.45) is 0 Å². The third-order valence-electron chi connectivity index (χ3n) is 3.10. The van der Waals surface area contributed by atoms with Crippen LogP contribution in [-0.4, -0.2) is 42.2 Å². The molecule has 136 valence electrons. The zero-order chi connectivity index (χ0) is 18.0. The van der Waals surface area contributed by atoms with E-state index in [1.165, 1.54) is 4.88 Å². The molecule has 0 fully saturated rings. The van der Waals surface area contributed by atoms with E-state index in [9.17, 15) is 9.59 Å². The second-order valence-electron chi connectivity index (χ2n) is 6.45. The van der Waals surface area contributed by atoms with Crippen LogP contribution in [0.25, 0.3) is 0 Å². The van der Waals surface area contributed by atoms with Crippen LogP contribution in [0.3, 0.4) is 0 Å². The third-order valence-corrected chi connectivity index (χ3v) is 4.68. The lowest BCUT2D eigenvalue weighted by molar-refractivity contribution is -0.123. The van der Waals surface area contributed by atoms with Gasteiger partial charge in [-0.1, -0.05) is 6.07 Å². The fraction of sp³-hybridized carbons (Fsp3) is 0.647. The highest BCUT2D eigenvalue weighted by Gasteiger charge is 2.23. The molecular formula is C17H28N2O3S2. The summed E-state index contributed by atoms with van der Waals surface area (Å²) in [5, 5.41) is 7.64. The van der Waals surface area contributed by atoms with Gasteiger partial charge < -0.3 is 15.4 Å². The molecule has 0 unspecified atom stereocenters. The molecule has 0 radical (unpaired) electrons. The highest BCUT2D eigenvalue weighted by molar-refractivity contribution is 7.98. The van der Waals surface area contributed by atoms with Crippen LogP contribution in [0.2, 0.25) is 0 Å². The highest BCUT2D eigenvalue weighted by atomic mass is 32.2. The smallest absolute Gasteiger partial charge is 0.408 e. The van der Waals surface area contributed by atoms with E-state index in [-0.39, 0.29) is 5.91 Å². The van der Waals surface area contributed by atoms with E-state index in [0.29, 0.717) is 13.0 Å². The van der Waals surface area contributed by atoms with Crippen molar-refractivity contribution < 1.29 is 14.3 Å². The zero-order valence-electron chi connectivity index (χ0n) is 14.9. The fourth-order valence-electron chi connectivity index (χ4n) is 2.01. The number of rotatable bonds is 9. The van der Waals surface area contributed by atoms with Crippen molar-refractivity contribution in [3.63, 3.8) is 0 Å². The Morgan fingerprint density at radius 2 is 2.12 bits per heavy atom. The second kappa shape index (κ2) is 10.6. The number of thioether (sulfide) groups is 1. The van der Waals surface area contributed by atoms with Crippen molar-refractivity contribution in [3.05, 3.63) is 22.4 Å². The molecule has 1 aromatic rings. The van der Waals surface area contributed by atoms with Crippen LogP contribution in [-0.2, 0) is 16.0 Å². The Morgan fingerprint density at radius 1 is 1.38 bits per heavy atom. The summed E-state index contributed by atoms with van der Waals surface area (Å²) < 4.78 is 5.24. The van der Waals surface area contributed by atoms with Gasteiger partial charge in [-0.15, -0.1) is 11.3 Å². The first-order valence-electron chi connectivity index (χ1n) is 8.10. The fourth-order valence-corrected chi connectivity index (χ4v) is 3.23. The van der Waals surface area contributed by atoms with Gasteiger partial charge in [0.15, 0.2) is 0 Å². The van der Waals surface area contributed by atoms with Gasteiger partial charge in [0.05, 0.1) is 0 Å². The number of alkyl carbamates (subject to hydrolysis) is 1. The van der Waals surface area contributed by atoms with Gasteiger partial charge >= 0.3 is 6.09 Å². The zero-order valence-corrected chi connectivity index (χ0v) is 16.5. The van der Waals surface area contributed by atoms with Crippen LogP contribution < -0.4 is 10.6 Å². The first-order valence-corrected chi connectivity index (χ1v) is 10.4. The predicted molar refractivity (Wildman–Crippen MR) is 102 cm³/mol. The number of hydrogen-bond donors (Lipinski definition) is 2. The van der Waals surface area contributed by atoms with Crippen LogP contribution in [0.4, 0.5) is 4.79 Å². The van der Waals surface area contributed by atoms with E-state index in [2.05, 4.69) is 22.1 Å². The number of hydrogen-bond acceptors (Lipinski definition) is 5. The van der Waals surface area contributed by atoms with Gasteiger partial charge in [-0.25, -0.2) is 4.79 Å². The van der Waals surface area contributed by atoms with Crippen LogP contribution in [0.1, 0.15) is 38.5 Å². The molecule has 0 saturated heterocycles. The molecule has 0 aliphatic rings. The van der Waals surface area contributed by atoms with E-state index in [1.807, 2.05) is 12.3 Å². The molecule has 2 amide bonds. The van der Waals surface area contributed by atoms with Gasteiger partial charge in [0.25, 0.3) is 0 Å². The van der Waals surface area contributed by atoms with E-state index in [4.69, 9.17) is 4.74 Å². The van der Waals surface area contributed by atoms with Crippen LogP contribution >= 0.6 is 23.1 Å². The van der Waals surface area contributed by atoms with E-state index < -0.39 is 17.7 Å². The Balaban J connectivity index is 2.40. The molecular weight excluding hydrogens is 344 g/mol. The van der Waals surface area contributed by atoms with Gasteiger partial charge in [0.1, 0.15) is 11.6 Å².